The van der Waals surface area contributed by atoms with Crippen molar-refractivity contribution in [2.24, 2.45) is 0 Å². The van der Waals surface area contributed by atoms with E-state index in [0.717, 1.165) is 12.1 Å². The lowest BCUT2D eigenvalue weighted by Gasteiger charge is -2.13. The van der Waals surface area contributed by atoms with Gasteiger partial charge in [-0.1, -0.05) is 40.3 Å². The number of halogens is 5. The van der Waals surface area contributed by atoms with E-state index >= 15 is 0 Å². The second-order valence-corrected chi connectivity index (χ2v) is 6.84. The molecule has 0 aliphatic rings. The monoisotopic (exact) mass is 467 g/mol. The van der Waals surface area contributed by atoms with E-state index in [0.29, 0.717) is 25.1 Å². The van der Waals surface area contributed by atoms with Gasteiger partial charge < -0.3 is 10.4 Å². The predicted octanol–water partition coefficient (Wildman–Crippen LogP) is 5.40. The van der Waals surface area contributed by atoms with Gasteiger partial charge in [-0.2, -0.15) is 13.2 Å². The van der Waals surface area contributed by atoms with Crippen LogP contribution in [0.2, 0.25) is 0 Å². The van der Waals surface area contributed by atoms with Gasteiger partial charge in [-0.05, 0) is 45.8 Å². The van der Waals surface area contributed by atoms with Crippen molar-refractivity contribution in [3.8, 4) is 5.75 Å². The molecule has 0 heterocycles. The van der Waals surface area contributed by atoms with Crippen molar-refractivity contribution in [3.05, 3.63) is 62.0 Å². The summed E-state index contributed by atoms with van der Waals surface area (Å²) in [4.78, 5) is 0.293. The van der Waals surface area contributed by atoms with E-state index in [9.17, 15) is 18.3 Å². The molecule has 0 aliphatic carbocycles. The lowest BCUT2D eigenvalue weighted by Crippen LogP contribution is -2.22. The van der Waals surface area contributed by atoms with Gasteiger partial charge in [0.05, 0.1) is 11.1 Å². The fourth-order valence-corrected chi connectivity index (χ4v) is 3.69. The first-order valence-corrected chi connectivity index (χ1v) is 8.30. The summed E-state index contributed by atoms with van der Waals surface area (Å²) >= 11 is 11.8. The van der Waals surface area contributed by atoms with Gasteiger partial charge in [0.25, 0.3) is 0 Å². The van der Waals surface area contributed by atoms with Gasteiger partial charge in [-0.15, -0.1) is 0 Å². The van der Waals surface area contributed by atoms with Crippen LogP contribution in [0.5, 0.6) is 5.75 Å². The quantitative estimate of drug-likeness (QED) is 0.591. The van der Waals surface area contributed by atoms with Crippen molar-refractivity contribution >= 4 is 49.1 Å². The minimum absolute atomic E-state index is 0.00355. The molecule has 23 heavy (non-hydrogen) atoms. The molecule has 2 N–H and O–H groups in total. The summed E-state index contributed by atoms with van der Waals surface area (Å²) in [5.41, 5.74) is 0.375. The van der Waals surface area contributed by atoms with Crippen molar-refractivity contribution in [3.63, 3.8) is 0 Å². The van der Waals surface area contributed by atoms with Crippen molar-refractivity contribution < 1.29 is 18.3 Å². The summed E-state index contributed by atoms with van der Waals surface area (Å²) in [6.07, 6.45) is -4.35. The van der Waals surface area contributed by atoms with E-state index in [1.807, 2.05) is 0 Å². The van der Waals surface area contributed by atoms with Crippen LogP contribution in [-0.4, -0.2) is 10.1 Å². The molecule has 0 aromatic heterocycles. The Balaban J connectivity index is 2.08. The third kappa shape index (κ3) is 4.68. The van der Waals surface area contributed by atoms with E-state index in [2.05, 4.69) is 37.2 Å². The van der Waals surface area contributed by atoms with E-state index < -0.39 is 11.7 Å². The maximum Gasteiger partial charge on any atom is 0.416 e. The van der Waals surface area contributed by atoms with Crippen LogP contribution >= 0.6 is 44.1 Å². The molecular formula is C15H10Br2F3NOS. The fourth-order valence-electron chi connectivity index (χ4n) is 1.87. The van der Waals surface area contributed by atoms with Crippen LogP contribution in [0.4, 0.5) is 13.2 Å². The zero-order chi connectivity index (χ0) is 17.2. The van der Waals surface area contributed by atoms with Gasteiger partial charge in [-0.25, -0.2) is 0 Å². The van der Waals surface area contributed by atoms with Gasteiger partial charge in [0.2, 0.25) is 0 Å². The molecule has 0 bridgehead atoms. The Bertz CT molecular complexity index is 709. The molecule has 0 spiro atoms. The van der Waals surface area contributed by atoms with Gasteiger partial charge in [0.15, 0.2) is 0 Å². The minimum atomic E-state index is -4.35. The Morgan fingerprint density at radius 2 is 1.74 bits per heavy atom. The molecule has 0 radical (unpaired) electrons. The van der Waals surface area contributed by atoms with E-state index in [1.165, 1.54) is 18.2 Å². The molecule has 0 saturated heterocycles. The maximum absolute atomic E-state index is 12.5. The van der Waals surface area contributed by atoms with E-state index in [1.54, 1.807) is 6.07 Å². The number of rotatable bonds is 3. The summed E-state index contributed by atoms with van der Waals surface area (Å²) in [5.74, 6) is -0.00355. The number of aromatic hydroxyl groups is 1. The molecule has 0 unspecified atom stereocenters. The normalized spacial score (nSPS) is 11.3. The molecule has 0 fully saturated rings. The van der Waals surface area contributed by atoms with Gasteiger partial charge in [0, 0.05) is 15.5 Å². The highest BCUT2D eigenvalue weighted by molar-refractivity contribution is 9.11. The molecule has 0 amide bonds. The Morgan fingerprint density at radius 3 is 2.26 bits per heavy atom. The zero-order valence-corrected chi connectivity index (χ0v) is 15.4. The molecule has 122 valence electrons. The Kier molecular flexibility index (Phi) is 5.70. The highest BCUT2D eigenvalue weighted by atomic mass is 79.9. The number of hydrogen-bond acceptors (Lipinski definition) is 2. The second kappa shape index (κ2) is 7.19. The highest BCUT2D eigenvalue weighted by Crippen LogP contribution is 2.31. The van der Waals surface area contributed by atoms with Crippen molar-refractivity contribution in [2.45, 2.75) is 12.7 Å². The number of phenolic OH excluding ortho intramolecular Hbond substituents is 1. The smallest absolute Gasteiger partial charge is 0.416 e. The summed E-state index contributed by atoms with van der Waals surface area (Å²) in [6.45, 7) is 0.249. The average Bonchev–Trinajstić information content (AvgIpc) is 2.43. The van der Waals surface area contributed by atoms with E-state index in [4.69, 9.17) is 12.2 Å². The number of benzene rings is 2. The lowest BCUT2D eigenvalue weighted by atomic mass is 10.1. The third-order valence-corrected chi connectivity index (χ3v) is 4.43. The van der Waals surface area contributed by atoms with Crippen LogP contribution < -0.4 is 5.32 Å². The van der Waals surface area contributed by atoms with Gasteiger partial charge in [0.1, 0.15) is 10.7 Å². The Hall–Kier alpha value is -1.12. The first-order valence-electron chi connectivity index (χ1n) is 6.31. The molecule has 2 nitrogen and oxygen atoms in total. The van der Waals surface area contributed by atoms with Crippen LogP contribution in [0.1, 0.15) is 16.7 Å². The maximum atomic E-state index is 12.5. The fraction of sp³-hybridized carbons (Fsp3) is 0.133. The standard InChI is InChI=1S/C15H10Br2F3NOS/c16-10-5-11(17)13(12(22)6-10)14(23)21-7-8-1-3-9(4-2-8)15(18,19)20/h1-6,22H,7H2,(H,21,23). The number of nitrogens with one attached hydrogen (secondary N) is 1. The van der Waals surface area contributed by atoms with Crippen molar-refractivity contribution in [1.29, 1.82) is 0 Å². The number of phenols is 1. The molecule has 2 aromatic carbocycles. The second-order valence-electron chi connectivity index (χ2n) is 4.66. The first-order chi connectivity index (χ1) is 10.7. The third-order valence-electron chi connectivity index (χ3n) is 3.00. The summed E-state index contributed by atoms with van der Waals surface area (Å²) in [5, 5.41) is 12.9. The van der Waals surface area contributed by atoms with Gasteiger partial charge in [-0.3, -0.25) is 0 Å². The number of hydrogen-bond donors (Lipinski definition) is 2. The molecule has 8 heteroatoms. The largest absolute Gasteiger partial charge is 0.507 e. The zero-order valence-electron chi connectivity index (χ0n) is 11.4. The number of thiocarbonyl (C=S) groups is 1. The molecule has 2 rings (SSSR count). The molecule has 0 atom stereocenters. The van der Waals surface area contributed by atoms with Crippen LogP contribution in [-0.2, 0) is 12.7 Å². The summed E-state index contributed by atoms with van der Waals surface area (Å²) in [7, 11) is 0. The average molecular weight is 469 g/mol. The summed E-state index contributed by atoms with van der Waals surface area (Å²) in [6, 6.07) is 8.05. The van der Waals surface area contributed by atoms with Crippen LogP contribution in [0.25, 0.3) is 0 Å². The van der Waals surface area contributed by atoms with Crippen LogP contribution in [0, 0.1) is 0 Å². The van der Waals surface area contributed by atoms with Crippen molar-refractivity contribution in [2.75, 3.05) is 0 Å². The predicted molar refractivity (Wildman–Crippen MR) is 93.5 cm³/mol. The summed E-state index contributed by atoms with van der Waals surface area (Å²) < 4.78 is 38.8. The molecule has 2 aromatic rings. The molecule has 0 saturated carbocycles. The van der Waals surface area contributed by atoms with Gasteiger partial charge >= 0.3 is 6.18 Å². The lowest BCUT2D eigenvalue weighted by molar-refractivity contribution is -0.137. The van der Waals surface area contributed by atoms with Crippen LogP contribution in [0.3, 0.4) is 0 Å². The Labute approximate surface area is 153 Å². The van der Waals surface area contributed by atoms with E-state index in [-0.39, 0.29) is 12.3 Å². The Morgan fingerprint density at radius 1 is 1.13 bits per heavy atom. The number of alkyl halides is 3. The topological polar surface area (TPSA) is 32.3 Å². The molecular weight excluding hydrogens is 459 g/mol. The van der Waals surface area contributed by atoms with Crippen LogP contribution in [0.15, 0.2) is 45.3 Å². The van der Waals surface area contributed by atoms with Crippen molar-refractivity contribution in [1.82, 2.24) is 5.32 Å². The highest BCUT2D eigenvalue weighted by Gasteiger charge is 2.29. The minimum Gasteiger partial charge on any atom is -0.507 e. The molecule has 0 aliphatic heterocycles. The SMILES string of the molecule is Oc1cc(Br)cc(Br)c1C(=S)NCc1ccc(C(F)(F)F)cc1. The first kappa shape index (κ1) is 18.2.